The van der Waals surface area contributed by atoms with E-state index >= 15 is 0 Å². The summed E-state index contributed by atoms with van der Waals surface area (Å²) in [6, 6.07) is 7.33. The van der Waals surface area contributed by atoms with Gasteiger partial charge < -0.3 is 15.5 Å². The van der Waals surface area contributed by atoms with E-state index in [0.29, 0.717) is 23.2 Å². The number of nitrogens with two attached hydrogens (primary N) is 1. The van der Waals surface area contributed by atoms with Crippen molar-refractivity contribution in [1.82, 2.24) is 10.3 Å². The average Bonchev–Trinajstić information content (AvgIpc) is 2.85. The van der Waals surface area contributed by atoms with Gasteiger partial charge in [0.05, 0.1) is 12.2 Å². The highest BCUT2D eigenvalue weighted by molar-refractivity contribution is 6.30. The Hall–Kier alpha value is -1.85. The van der Waals surface area contributed by atoms with Crippen LogP contribution in [0, 0.1) is 12.8 Å². The summed E-state index contributed by atoms with van der Waals surface area (Å²) in [5, 5.41) is 3.42. The molecule has 0 bridgehead atoms. The molecule has 6 heteroatoms. The number of benzene rings is 1. The summed E-state index contributed by atoms with van der Waals surface area (Å²) >= 11 is 5.87. The van der Waals surface area contributed by atoms with Gasteiger partial charge in [-0.25, -0.2) is 4.98 Å². The van der Waals surface area contributed by atoms with Crippen LogP contribution in [0.5, 0.6) is 0 Å². The molecule has 0 saturated carbocycles. The van der Waals surface area contributed by atoms with E-state index in [9.17, 15) is 4.79 Å². The first-order valence-electron chi connectivity index (χ1n) is 6.71. The predicted molar refractivity (Wildman–Crippen MR) is 81.8 cm³/mol. The number of carbonyl (C=O) groups excluding carboxylic acids is 1. The van der Waals surface area contributed by atoms with Gasteiger partial charge in [0.1, 0.15) is 0 Å². The molecule has 21 heavy (non-hydrogen) atoms. The second-order valence-corrected chi connectivity index (χ2v) is 5.32. The van der Waals surface area contributed by atoms with Crippen molar-refractivity contribution < 1.29 is 9.21 Å². The third-order valence-electron chi connectivity index (χ3n) is 3.16. The highest BCUT2D eigenvalue weighted by Crippen LogP contribution is 2.25. The van der Waals surface area contributed by atoms with Crippen molar-refractivity contribution in [3.63, 3.8) is 0 Å². The Bertz CT molecular complexity index is 622. The van der Waals surface area contributed by atoms with E-state index in [1.54, 1.807) is 19.1 Å². The third kappa shape index (κ3) is 3.83. The van der Waals surface area contributed by atoms with Crippen LogP contribution < -0.4 is 11.1 Å². The quantitative estimate of drug-likeness (QED) is 0.889. The number of carbonyl (C=O) groups is 1. The van der Waals surface area contributed by atoms with E-state index in [1.807, 2.05) is 19.1 Å². The van der Waals surface area contributed by atoms with Crippen molar-refractivity contribution in [2.24, 2.45) is 11.7 Å². The highest BCUT2D eigenvalue weighted by Gasteiger charge is 2.14. The lowest BCUT2D eigenvalue weighted by Gasteiger charge is -2.07. The molecule has 1 heterocycles. The zero-order valence-corrected chi connectivity index (χ0v) is 12.8. The monoisotopic (exact) mass is 307 g/mol. The van der Waals surface area contributed by atoms with Gasteiger partial charge in [0, 0.05) is 23.0 Å². The molecule has 0 spiro atoms. The summed E-state index contributed by atoms with van der Waals surface area (Å²) in [7, 11) is 0. The molecular weight excluding hydrogens is 290 g/mol. The van der Waals surface area contributed by atoms with Gasteiger partial charge in [-0.15, -0.1) is 0 Å². The number of aryl methyl sites for hydroxylation is 1. The Labute approximate surface area is 128 Å². The molecule has 2 aromatic rings. The summed E-state index contributed by atoms with van der Waals surface area (Å²) in [4.78, 5) is 16.0. The number of oxazole rings is 1. The van der Waals surface area contributed by atoms with Gasteiger partial charge in [-0.2, -0.15) is 0 Å². The summed E-state index contributed by atoms with van der Waals surface area (Å²) < 4.78 is 5.70. The van der Waals surface area contributed by atoms with E-state index in [1.165, 1.54) is 0 Å². The lowest BCUT2D eigenvalue weighted by atomic mass is 10.1. The van der Waals surface area contributed by atoms with Gasteiger partial charge >= 0.3 is 0 Å². The first-order chi connectivity index (χ1) is 10.0. The molecule has 1 amide bonds. The van der Waals surface area contributed by atoms with Crippen LogP contribution in [0.2, 0.25) is 5.02 Å². The minimum Gasteiger partial charge on any atom is -0.438 e. The largest absolute Gasteiger partial charge is 0.438 e. The Kier molecular flexibility index (Phi) is 4.98. The minimum atomic E-state index is -0.225. The normalized spacial score (nSPS) is 12.2. The van der Waals surface area contributed by atoms with Gasteiger partial charge in [0.2, 0.25) is 11.8 Å². The zero-order valence-electron chi connectivity index (χ0n) is 12.0. The van der Waals surface area contributed by atoms with E-state index < -0.39 is 0 Å². The summed E-state index contributed by atoms with van der Waals surface area (Å²) in [5.74, 6) is 0.816. The molecule has 0 aliphatic rings. The van der Waals surface area contributed by atoms with Crippen molar-refractivity contribution in [3.05, 3.63) is 40.9 Å². The van der Waals surface area contributed by atoms with Crippen LogP contribution in [0.25, 0.3) is 11.3 Å². The van der Waals surface area contributed by atoms with E-state index in [-0.39, 0.29) is 18.4 Å². The van der Waals surface area contributed by atoms with Crippen molar-refractivity contribution in [1.29, 1.82) is 0 Å². The molecule has 1 aromatic heterocycles. The molecule has 1 aromatic carbocycles. The SMILES string of the molecule is Cc1nc(CNC(=O)C(C)CN)oc1-c1ccc(Cl)cc1. The van der Waals surface area contributed by atoms with E-state index in [0.717, 1.165) is 11.3 Å². The third-order valence-corrected chi connectivity index (χ3v) is 3.41. The Morgan fingerprint density at radius 1 is 1.43 bits per heavy atom. The van der Waals surface area contributed by atoms with Gasteiger partial charge in [-0.05, 0) is 31.2 Å². The molecule has 1 unspecified atom stereocenters. The molecule has 2 rings (SSSR count). The molecule has 0 fully saturated rings. The van der Waals surface area contributed by atoms with Crippen molar-refractivity contribution in [2.45, 2.75) is 20.4 Å². The smallest absolute Gasteiger partial charge is 0.224 e. The van der Waals surface area contributed by atoms with E-state index in [4.69, 9.17) is 21.8 Å². The maximum atomic E-state index is 11.7. The second-order valence-electron chi connectivity index (χ2n) is 4.88. The number of aromatic nitrogens is 1. The average molecular weight is 308 g/mol. The molecule has 112 valence electrons. The lowest BCUT2D eigenvalue weighted by Crippen LogP contribution is -2.32. The number of nitrogens with one attached hydrogen (secondary N) is 1. The maximum absolute atomic E-state index is 11.7. The van der Waals surface area contributed by atoms with Gasteiger partial charge in [-0.3, -0.25) is 4.79 Å². The van der Waals surface area contributed by atoms with Crippen molar-refractivity contribution in [2.75, 3.05) is 6.54 Å². The predicted octanol–water partition coefficient (Wildman–Crippen LogP) is 2.51. The topological polar surface area (TPSA) is 81.2 Å². The van der Waals surface area contributed by atoms with Crippen molar-refractivity contribution in [3.8, 4) is 11.3 Å². The minimum absolute atomic E-state index is 0.110. The molecule has 0 aliphatic carbocycles. The fourth-order valence-electron chi connectivity index (χ4n) is 1.84. The molecule has 5 nitrogen and oxygen atoms in total. The number of rotatable bonds is 5. The van der Waals surface area contributed by atoms with Crippen LogP contribution in [0.3, 0.4) is 0 Å². The Balaban J connectivity index is 2.09. The summed E-state index contributed by atoms with van der Waals surface area (Å²) in [6.45, 7) is 4.20. The van der Waals surface area contributed by atoms with Crippen molar-refractivity contribution >= 4 is 17.5 Å². The first-order valence-corrected chi connectivity index (χ1v) is 7.09. The standard InChI is InChI=1S/C15H18ClN3O2/c1-9(7-17)15(20)18-8-13-19-10(2)14(21-13)11-3-5-12(16)6-4-11/h3-6,9H,7-8,17H2,1-2H3,(H,18,20). The number of halogens is 1. The molecule has 0 radical (unpaired) electrons. The number of hydrogen-bond donors (Lipinski definition) is 2. The fourth-order valence-corrected chi connectivity index (χ4v) is 1.97. The van der Waals surface area contributed by atoms with Gasteiger partial charge in [0.25, 0.3) is 0 Å². The summed E-state index contributed by atoms with van der Waals surface area (Å²) in [6.07, 6.45) is 0. The molecular formula is C15H18ClN3O2. The number of nitrogens with zero attached hydrogens (tertiary/aromatic N) is 1. The maximum Gasteiger partial charge on any atom is 0.224 e. The van der Waals surface area contributed by atoms with Crippen LogP contribution in [0.15, 0.2) is 28.7 Å². The van der Waals surface area contributed by atoms with Crippen LogP contribution in [-0.2, 0) is 11.3 Å². The number of amides is 1. The van der Waals surface area contributed by atoms with Crippen LogP contribution >= 0.6 is 11.6 Å². The van der Waals surface area contributed by atoms with E-state index in [2.05, 4.69) is 10.3 Å². The molecule has 0 saturated heterocycles. The Morgan fingerprint density at radius 2 is 2.10 bits per heavy atom. The van der Waals surface area contributed by atoms with Crippen LogP contribution in [-0.4, -0.2) is 17.4 Å². The van der Waals surface area contributed by atoms with Gasteiger partial charge in [-0.1, -0.05) is 18.5 Å². The zero-order chi connectivity index (χ0) is 15.4. The van der Waals surface area contributed by atoms with Crippen LogP contribution in [0.4, 0.5) is 0 Å². The molecule has 3 N–H and O–H groups in total. The van der Waals surface area contributed by atoms with Gasteiger partial charge in [0.15, 0.2) is 5.76 Å². The lowest BCUT2D eigenvalue weighted by molar-refractivity contribution is -0.124. The fraction of sp³-hybridized carbons (Fsp3) is 0.333. The summed E-state index contributed by atoms with van der Waals surface area (Å²) in [5.41, 5.74) is 7.12. The Morgan fingerprint density at radius 3 is 2.71 bits per heavy atom. The van der Waals surface area contributed by atoms with Crippen LogP contribution in [0.1, 0.15) is 18.5 Å². The first kappa shape index (κ1) is 15.5. The molecule has 0 aliphatic heterocycles. The molecule has 1 atom stereocenters. The number of hydrogen-bond acceptors (Lipinski definition) is 4. The highest BCUT2D eigenvalue weighted by atomic mass is 35.5. The second kappa shape index (κ2) is 6.74.